The molecule has 0 fully saturated rings. The van der Waals surface area contributed by atoms with E-state index in [-0.39, 0.29) is 0 Å². The summed E-state index contributed by atoms with van der Waals surface area (Å²) >= 11 is 1.59. The molecule has 0 bridgehead atoms. The molecule has 2 aromatic rings. The van der Waals surface area contributed by atoms with E-state index in [9.17, 15) is 0 Å². The number of hydrogen-bond donors (Lipinski definition) is 1. The predicted molar refractivity (Wildman–Crippen MR) is 61.4 cm³/mol. The number of hydrogen-bond acceptors (Lipinski definition) is 3. The van der Waals surface area contributed by atoms with Gasteiger partial charge in [0.1, 0.15) is 5.82 Å². The molecule has 0 saturated carbocycles. The third-order valence-corrected chi connectivity index (χ3v) is 3.10. The summed E-state index contributed by atoms with van der Waals surface area (Å²) in [5, 5.41) is 0. The second-order valence-corrected chi connectivity index (χ2v) is 4.24. The Bertz CT molecular complexity index is 460. The minimum atomic E-state index is 0.627. The van der Waals surface area contributed by atoms with Crippen molar-refractivity contribution in [3.05, 3.63) is 34.8 Å². The van der Waals surface area contributed by atoms with Crippen LogP contribution < -0.4 is 5.73 Å². The third-order valence-electron chi connectivity index (χ3n) is 2.22. The largest absolute Gasteiger partial charge is 0.382 e. The molecule has 0 amide bonds. The molecule has 2 N–H and O–H groups in total. The van der Waals surface area contributed by atoms with Gasteiger partial charge < -0.3 is 5.73 Å². The van der Waals surface area contributed by atoms with Crippen LogP contribution >= 0.6 is 11.3 Å². The maximum Gasteiger partial charge on any atom is 0.142 e. The number of aryl methyl sites for hydroxylation is 2. The summed E-state index contributed by atoms with van der Waals surface area (Å²) in [6.45, 7) is 4.19. The lowest BCUT2D eigenvalue weighted by Gasteiger charge is -2.04. The average Bonchev–Trinajstić information content (AvgIpc) is 2.52. The number of thiazole rings is 1. The lowest BCUT2D eigenvalue weighted by Crippen LogP contribution is -1.89. The van der Waals surface area contributed by atoms with Crippen LogP contribution in [-0.2, 0) is 0 Å². The second-order valence-electron chi connectivity index (χ2n) is 3.39. The molecule has 0 aliphatic carbocycles. The number of rotatable bonds is 1. The van der Waals surface area contributed by atoms with Gasteiger partial charge in [0.05, 0.1) is 10.4 Å². The Kier molecular flexibility index (Phi) is 2.25. The number of nitrogens with two attached hydrogens (primary N) is 1. The smallest absolute Gasteiger partial charge is 0.142 e. The quantitative estimate of drug-likeness (QED) is 0.775. The van der Waals surface area contributed by atoms with Crippen LogP contribution in [0.25, 0.3) is 10.4 Å². The molecule has 1 aromatic carbocycles. The highest BCUT2D eigenvalue weighted by Crippen LogP contribution is 2.31. The van der Waals surface area contributed by atoms with Crippen LogP contribution in [0.2, 0.25) is 0 Å². The van der Waals surface area contributed by atoms with E-state index in [4.69, 9.17) is 5.73 Å². The van der Waals surface area contributed by atoms with Gasteiger partial charge in [0.2, 0.25) is 0 Å². The summed E-state index contributed by atoms with van der Waals surface area (Å²) in [5.41, 5.74) is 11.3. The van der Waals surface area contributed by atoms with Crippen LogP contribution in [0.1, 0.15) is 11.1 Å². The zero-order valence-electron chi connectivity index (χ0n) is 8.24. The van der Waals surface area contributed by atoms with Crippen LogP contribution in [0.15, 0.2) is 23.7 Å². The van der Waals surface area contributed by atoms with E-state index in [1.807, 2.05) is 0 Å². The van der Waals surface area contributed by atoms with E-state index in [1.165, 1.54) is 16.7 Å². The molecule has 2 nitrogen and oxygen atoms in total. The summed E-state index contributed by atoms with van der Waals surface area (Å²) < 4.78 is 0. The first-order chi connectivity index (χ1) is 6.68. The fourth-order valence-electron chi connectivity index (χ4n) is 1.52. The van der Waals surface area contributed by atoms with E-state index in [1.54, 1.807) is 16.8 Å². The van der Waals surface area contributed by atoms with Gasteiger partial charge in [0.15, 0.2) is 0 Å². The monoisotopic (exact) mass is 204 g/mol. The number of benzene rings is 1. The van der Waals surface area contributed by atoms with Crippen molar-refractivity contribution in [2.24, 2.45) is 0 Å². The van der Waals surface area contributed by atoms with Crippen molar-refractivity contribution >= 4 is 17.2 Å². The van der Waals surface area contributed by atoms with Crippen molar-refractivity contribution in [3.8, 4) is 10.4 Å². The molecule has 72 valence electrons. The highest BCUT2D eigenvalue weighted by molar-refractivity contribution is 7.13. The summed E-state index contributed by atoms with van der Waals surface area (Å²) in [5.74, 6) is 0.627. The molecule has 0 saturated heterocycles. The summed E-state index contributed by atoms with van der Waals surface area (Å²) in [6, 6.07) is 6.37. The first-order valence-corrected chi connectivity index (χ1v) is 5.33. The third kappa shape index (κ3) is 1.51. The number of nitrogens with zero attached hydrogens (tertiary/aromatic N) is 1. The molecule has 0 aliphatic rings. The lowest BCUT2D eigenvalue weighted by atomic mass is 10.0. The fraction of sp³-hybridized carbons (Fsp3) is 0.182. The van der Waals surface area contributed by atoms with Gasteiger partial charge in [-0.2, -0.15) is 0 Å². The molecule has 14 heavy (non-hydrogen) atoms. The molecule has 0 radical (unpaired) electrons. The van der Waals surface area contributed by atoms with E-state index >= 15 is 0 Å². The molecule has 1 aromatic heterocycles. The van der Waals surface area contributed by atoms with Gasteiger partial charge in [-0.3, -0.25) is 0 Å². The van der Waals surface area contributed by atoms with Gasteiger partial charge in [-0.15, -0.1) is 11.3 Å². The highest BCUT2D eigenvalue weighted by atomic mass is 32.1. The Morgan fingerprint density at radius 2 is 2.07 bits per heavy atom. The van der Waals surface area contributed by atoms with Gasteiger partial charge >= 0.3 is 0 Å². The maximum atomic E-state index is 5.78. The Morgan fingerprint density at radius 3 is 2.64 bits per heavy atom. The summed E-state index contributed by atoms with van der Waals surface area (Å²) in [6.07, 6.45) is 0. The standard InChI is InChI=1S/C11H12N2S/c1-7-3-4-9(8(2)5-7)10-11(12)13-6-14-10/h3-6H,12H2,1-2H3. The van der Waals surface area contributed by atoms with E-state index in [0.717, 1.165) is 4.88 Å². The van der Waals surface area contributed by atoms with E-state index in [2.05, 4.69) is 37.0 Å². The molecular weight excluding hydrogens is 192 g/mol. The van der Waals surface area contributed by atoms with Crippen molar-refractivity contribution < 1.29 is 0 Å². The van der Waals surface area contributed by atoms with Crippen LogP contribution in [0.4, 0.5) is 5.82 Å². The van der Waals surface area contributed by atoms with E-state index < -0.39 is 0 Å². The lowest BCUT2D eigenvalue weighted by molar-refractivity contribution is 1.38. The zero-order chi connectivity index (χ0) is 10.1. The van der Waals surface area contributed by atoms with Crippen molar-refractivity contribution in [2.45, 2.75) is 13.8 Å². The molecular formula is C11H12N2S. The Balaban J connectivity index is 2.58. The number of aromatic nitrogens is 1. The molecule has 0 aliphatic heterocycles. The van der Waals surface area contributed by atoms with Crippen molar-refractivity contribution in [3.63, 3.8) is 0 Å². The normalized spacial score (nSPS) is 10.4. The van der Waals surface area contributed by atoms with Crippen molar-refractivity contribution in [1.29, 1.82) is 0 Å². The topological polar surface area (TPSA) is 38.9 Å². The maximum absolute atomic E-state index is 5.78. The summed E-state index contributed by atoms with van der Waals surface area (Å²) in [4.78, 5) is 5.12. The minimum Gasteiger partial charge on any atom is -0.382 e. The van der Waals surface area contributed by atoms with Crippen molar-refractivity contribution in [1.82, 2.24) is 4.98 Å². The van der Waals surface area contributed by atoms with E-state index in [0.29, 0.717) is 5.82 Å². The molecule has 1 heterocycles. The Morgan fingerprint density at radius 1 is 1.29 bits per heavy atom. The molecule has 0 unspecified atom stereocenters. The van der Waals surface area contributed by atoms with Crippen LogP contribution in [-0.4, -0.2) is 4.98 Å². The Hall–Kier alpha value is -1.35. The number of anilines is 1. The van der Waals surface area contributed by atoms with Crippen molar-refractivity contribution in [2.75, 3.05) is 5.73 Å². The average molecular weight is 204 g/mol. The SMILES string of the molecule is Cc1ccc(-c2scnc2N)c(C)c1. The highest BCUT2D eigenvalue weighted by Gasteiger charge is 2.07. The minimum absolute atomic E-state index is 0.627. The fourth-order valence-corrected chi connectivity index (χ4v) is 2.33. The van der Waals surface area contributed by atoms with Crippen LogP contribution in [0, 0.1) is 13.8 Å². The second kappa shape index (κ2) is 3.42. The zero-order valence-corrected chi connectivity index (χ0v) is 9.06. The first kappa shape index (κ1) is 9.21. The van der Waals surface area contributed by atoms with Crippen LogP contribution in [0.3, 0.4) is 0 Å². The predicted octanol–water partition coefficient (Wildman–Crippen LogP) is 3.01. The molecule has 2 rings (SSSR count). The van der Waals surface area contributed by atoms with Crippen LogP contribution in [0.5, 0.6) is 0 Å². The first-order valence-electron chi connectivity index (χ1n) is 4.45. The number of nitrogen functional groups attached to an aromatic ring is 1. The van der Waals surface area contributed by atoms with Gasteiger partial charge in [0.25, 0.3) is 0 Å². The van der Waals surface area contributed by atoms with Gasteiger partial charge in [-0.1, -0.05) is 23.8 Å². The molecule has 3 heteroatoms. The molecule has 0 spiro atoms. The van der Waals surface area contributed by atoms with Gasteiger partial charge in [0, 0.05) is 0 Å². The summed E-state index contributed by atoms with van der Waals surface area (Å²) in [7, 11) is 0. The van der Waals surface area contributed by atoms with Gasteiger partial charge in [-0.25, -0.2) is 4.98 Å². The Labute approximate surface area is 87.4 Å². The molecule has 0 atom stereocenters. The van der Waals surface area contributed by atoms with Gasteiger partial charge in [-0.05, 0) is 25.0 Å².